The van der Waals surface area contributed by atoms with Crippen LogP contribution in [-0.4, -0.2) is 75.6 Å². The molecule has 1 amide bonds. The van der Waals surface area contributed by atoms with Crippen LogP contribution in [0.3, 0.4) is 0 Å². The number of nitrogens with zero attached hydrogens (tertiary/aromatic N) is 5. The smallest absolute Gasteiger partial charge is 0.264 e. The molecule has 10 nitrogen and oxygen atoms in total. The predicted molar refractivity (Wildman–Crippen MR) is 151 cm³/mol. The largest absolute Gasteiger partial charge is 0.496 e. The van der Waals surface area contributed by atoms with E-state index in [0.717, 1.165) is 31.5 Å². The lowest BCUT2D eigenvalue weighted by Crippen LogP contribution is -2.50. The highest BCUT2D eigenvalue weighted by atomic mass is 16.5. The number of amides is 1. The van der Waals surface area contributed by atoms with Crippen LogP contribution < -0.4 is 21.3 Å². The molecular weight excluding hydrogens is 482 g/mol. The van der Waals surface area contributed by atoms with E-state index in [0.29, 0.717) is 47.2 Å². The van der Waals surface area contributed by atoms with Crippen LogP contribution in [0.2, 0.25) is 0 Å². The molecule has 3 heterocycles. The summed E-state index contributed by atoms with van der Waals surface area (Å²) >= 11 is 0. The fourth-order valence-electron chi connectivity index (χ4n) is 4.98. The molecule has 4 rings (SSSR count). The first-order valence-corrected chi connectivity index (χ1v) is 13.3. The molecule has 1 unspecified atom stereocenters. The zero-order valence-electron chi connectivity index (χ0n) is 23.0. The van der Waals surface area contributed by atoms with Gasteiger partial charge >= 0.3 is 0 Å². The number of methoxy groups -OCH3 is 1. The number of hydrogen-bond acceptors (Lipinski definition) is 8. The minimum atomic E-state index is -0.223. The molecule has 1 fully saturated rings. The molecule has 0 radical (unpaired) electrons. The van der Waals surface area contributed by atoms with Crippen molar-refractivity contribution in [3.8, 4) is 5.75 Å². The van der Waals surface area contributed by atoms with Gasteiger partial charge in [-0.25, -0.2) is 4.98 Å². The number of ether oxygens (including phenoxy) is 1. The molecule has 3 N–H and O–H groups in total. The van der Waals surface area contributed by atoms with Crippen molar-refractivity contribution in [3.05, 3.63) is 51.9 Å². The first-order chi connectivity index (χ1) is 18.2. The summed E-state index contributed by atoms with van der Waals surface area (Å²) in [6.07, 6.45) is 3.63. The number of hydrogen-bond donors (Lipinski definition) is 2. The molecule has 0 aliphatic carbocycles. The van der Waals surface area contributed by atoms with Crippen molar-refractivity contribution in [2.75, 3.05) is 44.3 Å². The Bertz CT molecular complexity index is 1350. The molecule has 3 aromatic rings. The van der Waals surface area contributed by atoms with E-state index in [4.69, 9.17) is 10.5 Å². The van der Waals surface area contributed by atoms with Gasteiger partial charge in [0.1, 0.15) is 17.0 Å². The van der Waals surface area contributed by atoms with E-state index in [2.05, 4.69) is 41.0 Å². The van der Waals surface area contributed by atoms with Gasteiger partial charge in [-0.15, -0.1) is 0 Å². The quantitative estimate of drug-likeness (QED) is 0.441. The first kappa shape index (κ1) is 27.4. The number of nitrogens with two attached hydrogens (primary N) is 1. The minimum absolute atomic E-state index is 0.00668. The summed E-state index contributed by atoms with van der Waals surface area (Å²) in [7, 11) is 1.57. The van der Waals surface area contributed by atoms with Crippen molar-refractivity contribution in [3.63, 3.8) is 0 Å². The van der Waals surface area contributed by atoms with Gasteiger partial charge in [0.05, 0.1) is 19.2 Å². The molecule has 0 saturated carbocycles. The summed E-state index contributed by atoms with van der Waals surface area (Å²) in [4.78, 5) is 39.6. The predicted octanol–water partition coefficient (Wildman–Crippen LogP) is 3.20. The second-order valence-electron chi connectivity index (χ2n) is 10.2. The van der Waals surface area contributed by atoms with Gasteiger partial charge in [-0.1, -0.05) is 19.4 Å². The van der Waals surface area contributed by atoms with Gasteiger partial charge < -0.3 is 25.3 Å². The molecule has 2 aromatic heterocycles. The van der Waals surface area contributed by atoms with Gasteiger partial charge in [0.25, 0.3) is 11.5 Å². The van der Waals surface area contributed by atoms with Gasteiger partial charge in [-0.3, -0.25) is 14.5 Å². The Kier molecular flexibility index (Phi) is 8.51. The normalized spacial score (nSPS) is 15.2. The summed E-state index contributed by atoms with van der Waals surface area (Å²) < 4.78 is 7.24. The summed E-state index contributed by atoms with van der Waals surface area (Å²) in [6.45, 7) is 11.9. The van der Waals surface area contributed by atoms with Gasteiger partial charge in [0.15, 0.2) is 0 Å². The number of nitrogen functional groups attached to an aromatic ring is 1. The number of aromatic nitrogens is 3. The zero-order valence-corrected chi connectivity index (χ0v) is 23.0. The van der Waals surface area contributed by atoms with Crippen LogP contribution in [-0.2, 0) is 6.54 Å². The lowest BCUT2D eigenvalue weighted by Gasteiger charge is -2.37. The molecule has 1 aliphatic rings. The van der Waals surface area contributed by atoms with Crippen molar-refractivity contribution in [1.29, 1.82) is 0 Å². The van der Waals surface area contributed by atoms with Crippen molar-refractivity contribution in [2.45, 2.75) is 59.2 Å². The second-order valence-corrected chi connectivity index (χ2v) is 10.2. The van der Waals surface area contributed by atoms with E-state index in [1.165, 1.54) is 0 Å². The molecule has 0 spiro atoms. The van der Waals surface area contributed by atoms with Gasteiger partial charge in [-0.2, -0.15) is 4.98 Å². The van der Waals surface area contributed by atoms with E-state index in [-0.39, 0.29) is 30.0 Å². The maximum Gasteiger partial charge on any atom is 0.264 e. The van der Waals surface area contributed by atoms with E-state index in [1.54, 1.807) is 30.0 Å². The Balaban J connectivity index is 1.59. The van der Waals surface area contributed by atoms with E-state index < -0.39 is 0 Å². The van der Waals surface area contributed by atoms with Gasteiger partial charge in [0.2, 0.25) is 5.95 Å². The van der Waals surface area contributed by atoms with E-state index in [1.807, 2.05) is 24.0 Å². The van der Waals surface area contributed by atoms with Crippen molar-refractivity contribution < 1.29 is 9.53 Å². The average Bonchev–Trinajstić information content (AvgIpc) is 2.90. The van der Waals surface area contributed by atoms with Crippen LogP contribution in [0.5, 0.6) is 5.75 Å². The number of piperazine rings is 1. The van der Waals surface area contributed by atoms with E-state index in [9.17, 15) is 9.59 Å². The van der Waals surface area contributed by atoms with Crippen LogP contribution in [0.25, 0.3) is 10.9 Å². The summed E-state index contributed by atoms with van der Waals surface area (Å²) in [5, 5.41) is 3.73. The number of anilines is 2. The Labute approximate surface area is 223 Å². The molecule has 38 heavy (non-hydrogen) atoms. The summed E-state index contributed by atoms with van der Waals surface area (Å²) in [5.41, 5.74) is 7.56. The van der Waals surface area contributed by atoms with Crippen LogP contribution in [0.15, 0.2) is 35.3 Å². The highest BCUT2D eigenvalue weighted by Crippen LogP contribution is 2.24. The fourth-order valence-corrected chi connectivity index (χ4v) is 4.98. The average molecular weight is 522 g/mol. The van der Waals surface area contributed by atoms with Crippen LogP contribution in [0.4, 0.5) is 11.8 Å². The Hall–Kier alpha value is -3.66. The number of carbonyl (C=O) groups is 1. The third-order valence-electron chi connectivity index (χ3n) is 7.15. The number of rotatable bonds is 9. The molecular formula is C28H39N7O3. The maximum atomic E-state index is 13.6. The van der Waals surface area contributed by atoms with Gasteiger partial charge in [0, 0.05) is 55.6 Å². The summed E-state index contributed by atoms with van der Waals surface area (Å²) in [5.74, 6) is 1.12. The molecule has 10 heteroatoms. The molecule has 204 valence electrons. The highest BCUT2D eigenvalue weighted by Gasteiger charge is 2.24. The van der Waals surface area contributed by atoms with Crippen LogP contribution >= 0.6 is 0 Å². The molecule has 1 saturated heterocycles. The number of fused-ring (bicyclic) bond motifs is 1. The van der Waals surface area contributed by atoms with Gasteiger partial charge in [-0.05, 0) is 45.4 Å². The Morgan fingerprint density at radius 2 is 1.87 bits per heavy atom. The first-order valence-electron chi connectivity index (χ1n) is 13.3. The standard InChI is InChI=1S/C28H39N7O3/c1-6-7-19(4)30-25-24-22(31-28(29)32-25)10-11-35(27(24)37)17-21-9-8-20(16-23(21)38-5)26(36)34-14-12-33(13-15-34)18(2)3/h8-11,16,18-19H,6-7,12-15,17H2,1-5H3,(H3,29,30,31,32). The molecule has 1 aromatic carbocycles. The topological polar surface area (TPSA) is 119 Å². The number of pyridine rings is 1. The maximum absolute atomic E-state index is 13.6. The number of nitrogens with one attached hydrogen (secondary N) is 1. The molecule has 0 bridgehead atoms. The number of carbonyl (C=O) groups excluding carboxylic acids is 1. The Morgan fingerprint density at radius 3 is 2.53 bits per heavy atom. The summed E-state index contributed by atoms with van der Waals surface area (Å²) in [6, 6.07) is 7.80. The van der Waals surface area contributed by atoms with Crippen molar-refractivity contribution >= 4 is 28.6 Å². The Morgan fingerprint density at radius 1 is 1.13 bits per heavy atom. The van der Waals surface area contributed by atoms with Crippen molar-refractivity contribution in [1.82, 2.24) is 24.3 Å². The lowest BCUT2D eigenvalue weighted by atomic mass is 10.1. The van der Waals surface area contributed by atoms with Crippen LogP contribution in [0, 0.1) is 0 Å². The van der Waals surface area contributed by atoms with Crippen LogP contribution in [0.1, 0.15) is 56.5 Å². The SMILES string of the molecule is CCCC(C)Nc1nc(N)nc2ccn(Cc3ccc(C(=O)N4CCN(C(C)C)CC4)cc3OC)c(=O)c12. The third kappa shape index (κ3) is 5.91. The molecule has 1 atom stereocenters. The van der Waals surface area contributed by atoms with Crippen molar-refractivity contribution in [2.24, 2.45) is 0 Å². The lowest BCUT2D eigenvalue weighted by molar-refractivity contribution is 0.0595. The molecule has 1 aliphatic heterocycles. The van der Waals surface area contributed by atoms with E-state index >= 15 is 0 Å². The fraction of sp³-hybridized carbons (Fsp3) is 0.500. The monoisotopic (exact) mass is 521 g/mol. The second kappa shape index (κ2) is 11.8. The zero-order chi connectivity index (χ0) is 27.4. The number of benzene rings is 1. The third-order valence-corrected chi connectivity index (χ3v) is 7.15. The highest BCUT2D eigenvalue weighted by molar-refractivity contribution is 5.95. The minimum Gasteiger partial charge on any atom is -0.496 e.